The van der Waals surface area contributed by atoms with Gasteiger partial charge in [-0.05, 0) is 43.5 Å². The molecule has 0 spiro atoms. The minimum atomic E-state index is 0.496. The number of ether oxygens (including phenoxy) is 1. The molecular weight excluding hydrogens is 324 g/mol. The van der Waals surface area contributed by atoms with Crippen molar-refractivity contribution in [3.63, 3.8) is 0 Å². The smallest absolute Gasteiger partial charge is 0.237 e. The summed E-state index contributed by atoms with van der Waals surface area (Å²) in [5, 5.41) is 0.685. The molecule has 1 aliphatic heterocycles. The van der Waals surface area contributed by atoms with Crippen molar-refractivity contribution in [2.24, 2.45) is 0 Å². The van der Waals surface area contributed by atoms with Crippen LogP contribution in [0.1, 0.15) is 19.3 Å². The van der Waals surface area contributed by atoms with Crippen LogP contribution < -0.4 is 9.64 Å². The first kappa shape index (κ1) is 15.7. The highest BCUT2D eigenvalue weighted by atomic mass is 35.5. The minimum Gasteiger partial charge on any atom is -0.438 e. The average Bonchev–Trinajstić information content (AvgIpc) is 3.44. The Morgan fingerprint density at radius 2 is 1.79 bits per heavy atom. The molecule has 0 N–H and O–H groups in total. The lowest BCUT2D eigenvalue weighted by molar-refractivity contribution is 0.283. The van der Waals surface area contributed by atoms with Crippen LogP contribution in [0.3, 0.4) is 0 Å². The SMILES string of the molecule is Clc1ccc(Oc2cnc(N3CCCN(C4CC4)CC3)cn2)cc1. The van der Waals surface area contributed by atoms with Gasteiger partial charge in [0.2, 0.25) is 5.88 Å². The van der Waals surface area contributed by atoms with Crippen molar-refractivity contribution in [2.75, 3.05) is 31.1 Å². The molecule has 1 saturated carbocycles. The molecule has 2 heterocycles. The van der Waals surface area contributed by atoms with E-state index in [1.807, 2.05) is 12.1 Å². The summed E-state index contributed by atoms with van der Waals surface area (Å²) in [5.41, 5.74) is 0. The standard InChI is InChI=1S/C18H21ClN4O/c19-14-2-6-16(7-3-14)24-18-13-20-17(12-21-18)23-9-1-8-22(10-11-23)15-4-5-15/h2-3,6-7,12-13,15H,1,4-5,8-11H2. The molecule has 0 atom stereocenters. The summed E-state index contributed by atoms with van der Waals surface area (Å²) in [6.07, 6.45) is 7.42. The third kappa shape index (κ3) is 3.79. The number of halogens is 1. The zero-order valence-corrected chi connectivity index (χ0v) is 14.3. The summed E-state index contributed by atoms with van der Waals surface area (Å²) in [5.74, 6) is 2.13. The molecule has 1 aliphatic carbocycles. The molecule has 1 saturated heterocycles. The quantitative estimate of drug-likeness (QED) is 0.847. The molecule has 4 rings (SSSR count). The highest BCUT2D eigenvalue weighted by molar-refractivity contribution is 6.30. The second-order valence-corrected chi connectivity index (χ2v) is 6.81. The van der Waals surface area contributed by atoms with Crippen LogP contribution in [0.25, 0.3) is 0 Å². The summed E-state index contributed by atoms with van der Waals surface area (Å²) >= 11 is 5.88. The highest BCUT2D eigenvalue weighted by Crippen LogP contribution is 2.28. The predicted molar refractivity (Wildman–Crippen MR) is 95.0 cm³/mol. The Kier molecular flexibility index (Phi) is 4.54. The van der Waals surface area contributed by atoms with E-state index in [-0.39, 0.29) is 0 Å². The van der Waals surface area contributed by atoms with Gasteiger partial charge in [0, 0.05) is 37.2 Å². The zero-order valence-electron chi connectivity index (χ0n) is 13.6. The first-order chi connectivity index (χ1) is 11.8. The lowest BCUT2D eigenvalue weighted by Gasteiger charge is -2.22. The molecule has 2 aliphatic rings. The van der Waals surface area contributed by atoms with Gasteiger partial charge in [0.15, 0.2) is 0 Å². The molecule has 0 bridgehead atoms. The maximum atomic E-state index is 5.88. The zero-order chi connectivity index (χ0) is 16.4. The van der Waals surface area contributed by atoms with Crippen LogP contribution in [-0.2, 0) is 0 Å². The number of rotatable bonds is 4. The predicted octanol–water partition coefficient (Wildman–Crippen LogP) is 3.60. The van der Waals surface area contributed by atoms with Crippen molar-refractivity contribution in [2.45, 2.75) is 25.3 Å². The Balaban J connectivity index is 1.38. The Labute approximate surface area is 147 Å². The fraction of sp³-hybridized carbons (Fsp3) is 0.444. The lowest BCUT2D eigenvalue weighted by Crippen LogP contribution is -2.32. The van der Waals surface area contributed by atoms with Crippen molar-refractivity contribution in [3.8, 4) is 11.6 Å². The van der Waals surface area contributed by atoms with E-state index >= 15 is 0 Å². The maximum absolute atomic E-state index is 5.88. The Morgan fingerprint density at radius 1 is 0.958 bits per heavy atom. The van der Waals surface area contributed by atoms with Crippen LogP contribution in [0.15, 0.2) is 36.7 Å². The van der Waals surface area contributed by atoms with E-state index in [1.165, 1.54) is 25.8 Å². The molecule has 2 aromatic rings. The largest absolute Gasteiger partial charge is 0.438 e. The molecular formula is C18H21ClN4O. The molecule has 2 fully saturated rings. The van der Waals surface area contributed by atoms with Gasteiger partial charge in [0.1, 0.15) is 11.6 Å². The van der Waals surface area contributed by atoms with Crippen molar-refractivity contribution in [1.29, 1.82) is 0 Å². The molecule has 5 nitrogen and oxygen atoms in total. The van der Waals surface area contributed by atoms with Crippen LogP contribution in [-0.4, -0.2) is 47.1 Å². The lowest BCUT2D eigenvalue weighted by atomic mass is 10.3. The van der Waals surface area contributed by atoms with Crippen LogP contribution in [0.5, 0.6) is 11.6 Å². The van der Waals surface area contributed by atoms with Gasteiger partial charge in [-0.2, -0.15) is 0 Å². The summed E-state index contributed by atoms with van der Waals surface area (Å²) in [4.78, 5) is 13.9. The van der Waals surface area contributed by atoms with Gasteiger partial charge in [-0.3, -0.25) is 4.90 Å². The van der Waals surface area contributed by atoms with Gasteiger partial charge < -0.3 is 9.64 Å². The van der Waals surface area contributed by atoms with E-state index < -0.39 is 0 Å². The van der Waals surface area contributed by atoms with Gasteiger partial charge in [0.25, 0.3) is 0 Å². The Bertz CT molecular complexity index is 672. The van der Waals surface area contributed by atoms with E-state index in [4.69, 9.17) is 16.3 Å². The van der Waals surface area contributed by atoms with E-state index in [1.54, 1.807) is 24.5 Å². The maximum Gasteiger partial charge on any atom is 0.237 e. The van der Waals surface area contributed by atoms with Crippen LogP contribution in [0, 0.1) is 0 Å². The summed E-state index contributed by atoms with van der Waals surface area (Å²) in [6.45, 7) is 4.37. The molecule has 126 valence electrons. The van der Waals surface area contributed by atoms with Gasteiger partial charge in [0.05, 0.1) is 12.4 Å². The second-order valence-electron chi connectivity index (χ2n) is 6.38. The summed E-state index contributed by atoms with van der Waals surface area (Å²) in [6, 6.07) is 8.06. The number of anilines is 1. The topological polar surface area (TPSA) is 41.5 Å². The third-order valence-electron chi connectivity index (χ3n) is 4.57. The Hall–Kier alpha value is -1.85. The van der Waals surface area contributed by atoms with Crippen LogP contribution in [0.2, 0.25) is 5.02 Å². The molecule has 0 radical (unpaired) electrons. The first-order valence-corrected chi connectivity index (χ1v) is 8.90. The number of benzene rings is 1. The monoisotopic (exact) mass is 344 g/mol. The number of aromatic nitrogens is 2. The summed E-state index contributed by atoms with van der Waals surface area (Å²) < 4.78 is 5.70. The summed E-state index contributed by atoms with van der Waals surface area (Å²) in [7, 11) is 0. The van der Waals surface area contributed by atoms with E-state index in [0.717, 1.165) is 31.5 Å². The molecule has 6 heteroatoms. The Morgan fingerprint density at radius 3 is 2.50 bits per heavy atom. The van der Waals surface area contributed by atoms with Crippen LogP contribution >= 0.6 is 11.6 Å². The van der Waals surface area contributed by atoms with E-state index in [2.05, 4.69) is 19.8 Å². The number of nitrogens with zero attached hydrogens (tertiary/aromatic N) is 4. The van der Waals surface area contributed by atoms with E-state index in [0.29, 0.717) is 16.7 Å². The number of hydrogen-bond acceptors (Lipinski definition) is 5. The minimum absolute atomic E-state index is 0.496. The van der Waals surface area contributed by atoms with E-state index in [9.17, 15) is 0 Å². The molecule has 1 aromatic heterocycles. The van der Waals surface area contributed by atoms with Crippen molar-refractivity contribution in [3.05, 3.63) is 41.7 Å². The fourth-order valence-corrected chi connectivity index (χ4v) is 3.25. The van der Waals surface area contributed by atoms with Gasteiger partial charge in [-0.1, -0.05) is 11.6 Å². The molecule has 1 aromatic carbocycles. The van der Waals surface area contributed by atoms with Crippen molar-refractivity contribution >= 4 is 17.4 Å². The molecule has 24 heavy (non-hydrogen) atoms. The van der Waals surface area contributed by atoms with Gasteiger partial charge in [-0.15, -0.1) is 0 Å². The fourth-order valence-electron chi connectivity index (χ4n) is 3.12. The number of hydrogen-bond donors (Lipinski definition) is 0. The average molecular weight is 345 g/mol. The third-order valence-corrected chi connectivity index (χ3v) is 4.82. The molecule has 0 unspecified atom stereocenters. The second kappa shape index (κ2) is 6.95. The molecule has 0 amide bonds. The van der Waals surface area contributed by atoms with Crippen molar-refractivity contribution < 1.29 is 4.74 Å². The van der Waals surface area contributed by atoms with Crippen molar-refractivity contribution in [1.82, 2.24) is 14.9 Å². The first-order valence-electron chi connectivity index (χ1n) is 8.52. The van der Waals surface area contributed by atoms with Gasteiger partial charge in [-0.25, -0.2) is 9.97 Å². The van der Waals surface area contributed by atoms with Crippen LogP contribution in [0.4, 0.5) is 5.82 Å². The normalized spacial score (nSPS) is 19.1. The highest BCUT2D eigenvalue weighted by Gasteiger charge is 2.30. The van der Waals surface area contributed by atoms with Gasteiger partial charge >= 0.3 is 0 Å².